The van der Waals surface area contributed by atoms with Crippen molar-refractivity contribution in [3.63, 3.8) is 0 Å². The van der Waals surface area contributed by atoms with Crippen molar-refractivity contribution in [2.24, 2.45) is 0 Å². The molecule has 22 heavy (non-hydrogen) atoms. The van der Waals surface area contributed by atoms with Gasteiger partial charge in [0.05, 0.1) is 30.5 Å². The van der Waals surface area contributed by atoms with Crippen LogP contribution in [0.15, 0.2) is 11.8 Å². The van der Waals surface area contributed by atoms with Gasteiger partial charge in [0.15, 0.2) is 17.4 Å². The molecule has 1 saturated carbocycles. The molecule has 2 aliphatic heterocycles. The fourth-order valence-electron chi connectivity index (χ4n) is 3.44. The van der Waals surface area contributed by atoms with Gasteiger partial charge in [0.1, 0.15) is 5.82 Å². The van der Waals surface area contributed by atoms with Crippen molar-refractivity contribution in [1.29, 1.82) is 0 Å². The van der Waals surface area contributed by atoms with Crippen molar-refractivity contribution in [3.05, 3.63) is 29.0 Å². The number of hydrogen-bond donors (Lipinski definition) is 1. The molecule has 0 atom stereocenters. The largest absolute Gasteiger partial charge is 0.347 e. The molecular formula is C15H14F2N2O3. The second kappa shape index (κ2) is 4.82. The zero-order valence-corrected chi connectivity index (χ0v) is 11.7. The maximum absolute atomic E-state index is 14.1. The first-order valence-corrected chi connectivity index (χ1v) is 7.25. The van der Waals surface area contributed by atoms with E-state index in [1.807, 2.05) is 0 Å². The lowest BCUT2D eigenvalue weighted by atomic mass is 9.85. The van der Waals surface area contributed by atoms with E-state index in [2.05, 4.69) is 10.3 Å². The number of hydrogen-bond acceptors (Lipinski definition) is 4. The van der Waals surface area contributed by atoms with Gasteiger partial charge in [-0.2, -0.15) is 0 Å². The first-order chi connectivity index (χ1) is 10.6. The van der Waals surface area contributed by atoms with E-state index in [1.54, 1.807) is 0 Å². The van der Waals surface area contributed by atoms with Crippen molar-refractivity contribution < 1.29 is 23.0 Å². The number of pyridine rings is 1. The number of carbonyl (C=O) groups is 1. The highest BCUT2D eigenvalue weighted by Gasteiger charge is 2.42. The number of halogens is 2. The molecule has 0 aromatic carbocycles. The molecule has 1 aromatic heterocycles. The molecule has 5 nitrogen and oxygen atoms in total. The van der Waals surface area contributed by atoms with E-state index >= 15 is 0 Å². The van der Waals surface area contributed by atoms with Crippen molar-refractivity contribution >= 4 is 17.3 Å². The van der Waals surface area contributed by atoms with Crippen molar-refractivity contribution in [2.75, 3.05) is 18.5 Å². The highest BCUT2D eigenvalue weighted by Crippen LogP contribution is 2.44. The van der Waals surface area contributed by atoms with Gasteiger partial charge in [-0.1, -0.05) is 5.57 Å². The molecule has 1 aromatic rings. The zero-order valence-electron chi connectivity index (χ0n) is 11.7. The van der Waals surface area contributed by atoms with Crippen LogP contribution in [0.5, 0.6) is 0 Å². The molecule has 3 aliphatic rings. The summed E-state index contributed by atoms with van der Waals surface area (Å²) in [5, 5.41) is 2.50. The van der Waals surface area contributed by atoms with E-state index in [9.17, 15) is 13.6 Å². The number of fused-ring (bicyclic) bond motifs is 1. The third kappa shape index (κ3) is 1.96. The summed E-state index contributed by atoms with van der Waals surface area (Å²) in [5.41, 5.74) is 0.837. The van der Waals surface area contributed by atoms with Gasteiger partial charge < -0.3 is 14.8 Å². The van der Waals surface area contributed by atoms with E-state index in [1.165, 1.54) is 0 Å². The second-order valence-corrected chi connectivity index (χ2v) is 5.71. The number of aromatic nitrogens is 1. The van der Waals surface area contributed by atoms with Gasteiger partial charge in [0.25, 0.3) is 5.91 Å². The first-order valence-electron chi connectivity index (χ1n) is 7.25. The highest BCUT2D eigenvalue weighted by molar-refractivity contribution is 6.31. The summed E-state index contributed by atoms with van der Waals surface area (Å²) in [7, 11) is 0. The molecule has 0 radical (unpaired) electrons. The van der Waals surface area contributed by atoms with Gasteiger partial charge in [0.2, 0.25) is 0 Å². The van der Waals surface area contributed by atoms with Crippen LogP contribution < -0.4 is 5.32 Å². The smallest absolute Gasteiger partial charge is 0.257 e. The van der Waals surface area contributed by atoms with Crippen molar-refractivity contribution in [2.45, 2.75) is 31.5 Å². The van der Waals surface area contributed by atoms with Crippen LogP contribution >= 0.6 is 0 Å². The molecule has 1 N–H and O–H groups in total. The summed E-state index contributed by atoms with van der Waals surface area (Å²) >= 11 is 0. The summed E-state index contributed by atoms with van der Waals surface area (Å²) in [6.07, 6.45) is 3.30. The first kappa shape index (κ1) is 13.8. The van der Waals surface area contributed by atoms with Crippen LogP contribution in [0.1, 0.15) is 31.2 Å². The molecule has 7 heteroatoms. The molecule has 0 bridgehead atoms. The Kier molecular flexibility index (Phi) is 3.02. The fourth-order valence-corrected chi connectivity index (χ4v) is 3.44. The fraction of sp³-hybridized carbons (Fsp3) is 0.467. The molecule has 1 aliphatic carbocycles. The standard InChI is InChI=1S/C15H14F2N2O3/c16-9-7-18-13-11(12(9)17)10(14(20)19-13)8-2-1-3-15(6-8)21-4-5-22-15/h7H,1-6H2,(H,18,19,20)/b10-8-. The number of ether oxygens (including phenoxy) is 2. The van der Waals surface area contributed by atoms with Crippen LogP contribution in [0.2, 0.25) is 0 Å². The van der Waals surface area contributed by atoms with Crippen LogP contribution in [-0.4, -0.2) is 29.9 Å². The quantitative estimate of drug-likeness (QED) is 0.748. The van der Waals surface area contributed by atoms with Gasteiger partial charge in [-0.15, -0.1) is 0 Å². The molecule has 2 fully saturated rings. The van der Waals surface area contributed by atoms with E-state index in [4.69, 9.17) is 9.47 Å². The Labute approximate surface area is 125 Å². The molecule has 1 saturated heterocycles. The maximum atomic E-state index is 14.1. The Morgan fingerprint density at radius 3 is 2.82 bits per heavy atom. The van der Waals surface area contributed by atoms with Crippen LogP contribution in [0.4, 0.5) is 14.6 Å². The molecule has 3 heterocycles. The SMILES string of the molecule is O=C1Nc2ncc(F)c(F)c2/C1=C1\CCCC2(C1)OCCO2. The molecule has 4 rings (SSSR count). The summed E-state index contributed by atoms with van der Waals surface area (Å²) in [5.74, 6) is -3.21. The number of rotatable bonds is 0. The Hall–Kier alpha value is -1.86. The Balaban J connectivity index is 1.82. The number of nitrogens with one attached hydrogen (secondary N) is 1. The molecule has 0 unspecified atom stereocenters. The number of carbonyl (C=O) groups excluding carboxylic acids is 1. The predicted octanol–water partition coefficient (Wildman–Crippen LogP) is 2.38. The number of amides is 1. The Bertz CT molecular complexity index is 696. The van der Waals surface area contributed by atoms with Gasteiger partial charge in [-0.05, 0) is 12.8 Å². The zero-order chi connectivity index (χ0) is 15.3. The molecule has 1 amide bonds. The summed E-state index contributed by atoms with van der Waals surface area (Å²) in [4.78, 5) is 16.0. The minimum atomic E-state index is -1.06. The maximum Gasteiger partial charge on any atom is 0.257 e. The van der Waals surface area contributed by atoms with Crippen LogP contribution in [0, 0.1) is 11.6 Å². The third-order valence-corrected chi connectivity index (χ3v) is 4.37. The summed E-state index contributed by atoms with van der Waals surface area (Å²) < 4.78 is 39.0. The van der Waals surface area contributed by atoms with Gasteiger partial charge >= 0.3 is 0 Å². The monoisotopic (exact) mass is 308 g/mol. The predicted molar refractivity (Wildman–Crippen MR) is 72.8 cm³/mol. The van der Waals surface area contributed by atoms with E-state index in [0.29, 0.717) is 26.1 Å². The highest BCUT2D eigenvalue weighted by atomic mass is 19.2. The lowest BCUT2D eigenvalue weighted by molar-refractivity contribution is -0.167. The average Bonchev–Trinajstić information content (AvgIpc) is 3.08. The minimum Gasteiger partial charge on any atom is -0.347 e. The molecular weight excluding hydrogens is 294 g/mol. The summed E-state index contributed by atoms with van der Waals surface area (Å²) in [6, 6.07) is 0. The van der Waals surface area contributed by atoms with E-state index in [0.717, 1.165) is 24.6 Å². The van der Waals surface area contributed by atoms with Crippen molar-refractivity contribution in [3.8, 4) is 0 Å². The minimum absolute atomic E-state index is 0.0688. The molecule has 1 spiro atoms. The van der Waals surface area contributed by atoms with Crippen molar-refractivity contribution in [1.82, 2.24) is 4.98 Å². The van der Waals surface area contributed by atoms with Gasteiger partial charge in [-0.25, -0.2) is 13.8 Å². The topological polar surface area (TPSA) is 60.5 Å². The van der Waals surface area contributed by atoms with Crippen LogP contribution in [-0.2, 0) is 14.3 Å². The lowest BCUT2D eigenvalue weighted by Crippen LogP contribution is -2.34. The van der Waals surface area contributed by atoms with Gasteiger partial charge in [-0.3, -0.25) is 4.79 Å². The van der Waals surface area contributed by atoms with Crippen LogP contribution in [0.3, 0.4) is 0 Å². The Morgan fingerprint density at radius 2 is 2.05 bits per heavy atom. The van der Waals surface area contributed by atoms with E-state index < -0.39 is 23.3 Å². The van der Waals surface area contributed by atoms with E-state index in [-0.39, 0.29) is 17.0 Å². The van der Waals surface area contributed by atoms with Crippen LogP contribution in [0.25, 0.3) is 5.57 Å². The molecule has 116 valence electrons. The Morgan fingerprint density at radius 1 is 1.27 bits per heavy atom. The number of nitrogens with zero attached hydrogens (tertiary/aromatic N) is 1. The third-order valence-electron chi connectivity index (χ3n) is 4.37. The van der Waals surface area contributed by atoms with Gasteiger partial charge in [0, 0.05) is 12.8 Å². The number of anilines is 1. The second-order valence-electron chi connectivity index (χ2n) is 5.71. The summed E-state index contributed by atoms with van der Waals surface area (Å²) in [6.45, 7) is 1.02. The average molecular weight is 308 g/mol. The lowest BCUT2D eigenvalue weighted by Gasteiger charge is -2.33. The normalized spacial score (nSPS) is 26.4.